The van der Waals surface area contributed by atoms with Crippen molar-refractivity contribution in [3.63, 3.8) is 0 Å². The quantitative estimate of drug-likeness (QED) is 0.798. The van der Waals surface area contributed by atoms with Crippen molar-refractivity contribution in [3.05, 3.63) is 12.4 Å². The fourth-order valence-corrected chi connectivity index (χ4v) is 1.83. The van der Waals surface area contributed by atoms with E-state index in [0.29, 0.717) is 12.6 Å². The molecule has 1 aliphatic carbocycles. The first-order valence-electron chi connectivity index (χ1n) is 5.00. The molecule has 0 bridgehead atoms. The van der Waals surface area contributed by atoms with Crippen LogP contribution in [0.5, 0.6) is 0 Å². The third kappa shape index (κ3) is 3.23. The van der Waals surface area contributed by atoms with Gasteiger partial charge in [-0.25, -0.2) is 13.4 Å². The van der Waals surface area contributed by atoms with Gasteiger partial charge in [0, 0.05) is 31.2 Å². The minimum absolute atomic E-state index is 0.155. The molecule has 0 aliphatic heterocycles. The Morgan fingerprint density at radius 3 is 2.93 bits per heavy atom. The predicted octanol–water partition coefficient (Wildman–Crippen LogP) is 0.502. The molecule has 0 amide bonds. The first-order valence-corrected chi connectivity index (χ1v) is 7.06. The van der Waals surface area contributed by atoms with Crippen LogP contribution >= 0.6 is 0 Å². The van der Waals surface area contributed by atoms with Gasteiger partial charge in [0.05, 0.1) is 5.75 Å². The predicted molar refractivity (Wildman–Crippen MR) is 58.6 cm³/mol. The second-order valence-corrected chi connectivity index (χ2v) is 6.25. The van der Waals surface area contributed by atoms with E-state index < -0.39 is 9.84 Å². The van der Waals surface area contributed by atoms with Crippen molar-refractivity contribution in [1.82, 2.24) is 9.55 Å². The maximum Gasteiger partial charge on any atom is 0.203 e. The van der Waals surface area contributed by atoms with Gasteiger partial charge in [-0.05, 0) is 12.8 Å². The number of nitrogens with zero attached hydrogens (tertiary/aromatic N) is 2. The smallest absolute Gasteiger partial charge is 0.203 e. The first-order chi connectivity index (χ1) is 7.04. The van der Waals surface area contributed by atoms with Crippen molar-refractivity contribution in [3.8, 4) is 0 Å². The summed E-state index contributed by atoms with van der Waals surface area (Å²) in [4.78, 5) is 4.15. The van der Waals surface area contributed by atoms with Gasteiger partial charge in [-0.2, -0.15) is 0 Å². The number of imidazole rings is 1. The van der Waals surface area contributed by atoms with Crippen LogP contribution in [0, 0.1) is 0 Å². The van der Waals surface area contributed by atoms with Crippen LogP contribution in [-0.4, -0.2) is 36.0 Å². The van der Waals surface area contributed by atoms with Crippen LogP contribution in [0.1, 0.15) is 12.8 Å². The third-order valence-electron chi connectivity index (χ3n) is 2.33. The van der Waals surface area contributed by atoms with Gasteiger partial charge in [0.1, 0.15) is 9.84 Å². The van der Waals surface area contributed by atoms with E-state index in [1.165, 1.54) is 19.1 Å². The molecular formula is C9H15N3O2S. The summed E-state index contributed by atoms with van der Waals surface area (Å²) in [5, 5.41) is 3.26. The summed E-state index contributed by atoms with van der Waals surface area (Å²) in [7, 11) is -2.91. The number of aromatic nitrogens is 2. The van der Waals surface area contributed by atoms with Crippen LogP contribution < -0.4 is 5.32 Å². The topological polar surface area (TPSA) is 64.0 Å². The summed E-state index contributed by atoms with van der Waals surface area (Å²) in [6, 6.07) is 0.532. The SMILES string of the molecule is CS(=O)(=O)CCn1ccnc1NC1CC1. The second-order valence-electron chi connectivity index (χ2n) is 3.99. The van der Waals surface area contributed by atoms with E-state index in [-0.39, 0.29) is 5.75 Å². The Labute approximate surface area is 89.4 Å². The van der Waals surface area contributed by atoms with Gasteiger partial charge in [-0.3, -0.25) is 0 Å². The molecule has 2 rings (SSSR count). The molecule has 1 N–H and O–H groups in total. The molecular weight excluding hydrogens is 214 g/mol. The summed E-state index contributed by atoms with van der Waals surface area (Å²) in [5.41, 5.74) is 0. The van der Waals surface area contributed by atoms with Crippen LogP contribution in [0.4, 0.5) is 5.95 Å². The summed E-state index contributed by atoms with van der Waals surface area (Å²) >= 11 is 0. The van der Waals surface area contributed by atoms with Crippen molar-refractivity contribution >= 4 is 15.8 Å². The second kappa shape index (κ2) is 3.84. The zero-order chi connectivity index (χ0) is 10.9. The van der Waals surface area contributed by atoms with Crippen LogP contribution in [0.25, 0.3) is 0 Å². The lowest BCUT2D eigenvalue weighted by atomic mass is 10.6. The maximum atomic E-state index is 11.0. The Hall–Kier alpha value is -1.04. The lowest BCUT2D eigenvalue weighted by Crippen LogP contribution is -2.14. The standard InChI is InChI=1S/C9H15N3O2S/c1-15(13,14)7-6-12-5-4-10-9(12)11-8-2-3-8/h4-5,8H,2-3,6-7H2,1H3,(H,10,11). The molecule has 5 nitrogen and oxygen atoms in total. The van der Waals surface area contributed by atoms with Crippen molar-refractivity contribution in [1.29, 1.82) is 0 Å². The fraction of sp³-hybridized carbons (Fsp3) is 0.667. The van der Waals surface area contributed by atoms with Gasteiger partial charge in [-0.15, -0.1) is 0 Å². The molecule has 1 aromatic rings. The van der Waals surface area contributed by atoms with E-state index in [4.69, 9.17) is 0 Å². The summed E-state index contributed by atoms with van der Waals surface area (Å²) < 4.78 is 23.9. The van der Waals surface area contributed by atoms with Gasteiger partial charge < -0.3 is 9.88 Å². The first kappa shape index (κ1) is 10.5. The van der Waals surface area contributed by atoms with Gasteiger partial charge in [0.25, 0.3) is 0 Å². The molecule has 1 saturated carbocycles. The van der Waals surface area contributed by atoms with E-state index in [1.54, 1.807) is 12.4 Å². The Morgan fingerprint density at radius 1 is 1.60 bits per heavy atom. The molecule has 0 atom stereocenters. The van der Waals surface area contributed by atoms with E-state index in [2.05, 4.69) is 10.3 Å². The van der Waals surface area contributed by atoms with Gasteiger partial charge in [-0.1, -0.05) is 0 Å². The van der Waals surface area contributed by atoms with Crippen molar-refractivity contribution in [2.45, 2.75) is 25.4 Å². The summed E-state index contributed by atoms with van der Waals surface area (Å²) in [6.07, 6.45) is 7.10. The minimum Gasteiger partial charge on any atom is -0.353 e. The molecule has 1 heterocycles. The lowest BCUT2D eigenvalue weighted by molar-refractivity contribution is 0.595. The van der Waals surface area contributed by atoms with Crippen LogP contribution in [-0.2, 0) is 16.4 Å². The molecule has 6 heteroatoms. The van der Waals surface area contributed by atoms with E-state index >= 15 is 0 Å². The molecule has 0 saturated heterocycles. The molecule has 1 aliphatic rings. The van der Waals surface area contributed by atoms with Crippen molar-refractivity contribution in [2.75, 3.05) is 17.3 Å². The number of hydrogen-bond donors (Lipinski definition) is 1. The average molecular weight is 229 g/mol. The van der Waals surface area contributed by atoms with Crippen LogP contribution in [0.15, 0.2) is 12.4 Å². The van der Waals surface area contributed by atoms with Gasteiger partial charge in [0.15, 0.2) is 0 Å². The number of nitrogens with one attached hydrogen (secondary N) is 1. The van der Waals surface area contributed by atoms with E-state index in [1.807, 2.05) is 4.57 Å². The number of hydrogen-bond acceptors (Lipinski definition) is 4. The lowest BCUT2D eigenvalue weighted by Gasteiger charge is -2.07. The average Bonchev–Trinajstić information content (AvgIpc) is 2.80. The number of sulfone groups is 1. The molecule has 1 aromatic heterocycles. The summed E-state index contributed by atoms with van der Waals surface area (Å²) in [6.45, 7) is 0.466. The third-order valence-corrected chi connectivity index (χ3v) is 3.25. The Kier molecular flexibility index (Phi) is 2.68. The Morgan fingerprint density at radius 2 is 2.33 bits per heavy atom. The van der Waals surface area contributed by atoms with Crippen LogP contribution in [0.3, 0.4) is 0 Å². The molecule has 15 heavy (non-hydrogen) atoms. The van der Waals surface area contributed by atoms with Crippen molar-refractivity contribution < 1.29 is 8.42 Å². The highest BCUT2D eigenvalue weighted by Crippen LogP contribution is 2.23. The fourth-order valence-electron chi connectivity index (χ4n) is 1.30. The zero-order valence-corrected chi connectivity index (χ0v) is 9.50. The number of anilines is 1. The molecule has 0 spiro atoms. The van der Waals surface area contributed by atoms with Gasteiger partial charge >= 0.3 is 0 Å². The van der Waals surface area contributed by atoms with Crippen molar-refractivity contribution in [2.24, 2.45) is 0 Å². The van der Waals surface area contributed by atoms with Gasteiger partial charge in [0.2, 0.25) is 5.95 Å². The van der Waals surface area contributed by atoms with E-state index in [9.17, 15) is 8.42 Å². The largest absolute Gasteiger partial charge is 0.353 e. The Bertz CT molecular complexity index is 434. The zero-order valence-electron chi connectivity index (χ0n) is 8.68. The minimum atomic E-state index is -2.91. The number of rotatable bonds is 5. The molecule has 1 fully saturated rings. The normalized spacial score (nSPS) is 16.6. The summed E-state index contributed by atoms with van der Waals surface area (Å²) in [5.74, 6) is 0.934. The van der Waals surface area contributed by atoms with E-state index in [0.717, 1.165) is 5.95 Å². The Balaban J connectivity index is 1.97. The number of aryl methyl sites for hydroxylation is 1. The highest BCUT2D eigenvalue weighted by atomic mass is 32.2. The maximum absolute atomic E-state index is 11.0. The molecule has 84 valence electrons. The highest BCUT2D eigenvalue weighted by molar-refractivity contribution is 7.90. The molecule has 0 aromatic carbocycles. The van der Waals surface area contributed by atoms with Crippen LogP contribution in [0.2, 0.25) is 0 Å². The molecule has 0 unspecified atom stereocenters. The highest BCUT2D eigenvalue weighted by Gasteiger charge is 2.22. The molecule has 0 radical (unpaired) electrons. The monoisotopic (exact) mass is 229 g/mol.